The predicted octanol–water partition coefficient (Wildman–Crippen LogP) is 1.30. The van der Waals surface area contributed by atoms with Crippen molar-refractivity contribution in [2.24, 2.45) is 12.0 Å². The highest BCUT2D eigenvalue weighted by Gasteiger charge is 2.26. The fraction of sp³-hybridized carbons (Fsp3) is 0.524. The molecule has 30 heavy (non-hydrogen) atoms. The van der Waals surface area contributed by atoms with Gasteiger partial charge in [0, 0.05) is 45.1 Å². The summed E-state index contributed by atoms with van der Waals surface area (Å²) in [4.78, 5) is 18.4. The molecule has 0 aliphatic carbocycles. The van der Waals surface area contributed by atoms with Crippen molar-refractivity contribution in [1.82, 2.24) is 30.3 Å². The number of hydrogen-bond acceptors (Lipinski definition) is 5. The van der Waals surface area contributed by atoms with Crippen molar-refractivity contribution < 1.29 is 9.53 Å². The van der Waals surface area contributed by atoms with Gasteiger partial charge in [0.05, 0.1) is 12.6 Å². The number of likely N-dealkylation sites (N-methyl/N-ethyl adjacent to an activating group) is 1. The van der Waals surface area contributed by atoms with E-state index in [4.69, 9.17) is 9.73 Å². The number of amides is 1. The molecule has 1 aromatic heterocycles. The Hall–Kier alpha value is -3.10. The Bertz CT molecular complexity index is 939. The second kappa shape index (κ2) is 8.73. The Morgan fingerprint density at radius 1 is 1.23 bits per heavy atom. The zero-order valence-electron chi connectivity index (χ0n) is 17.8. The molecule has 0 radical (unpaired) electrons. The van der Waals surface area contributed by atoms with Crippen LogP contribution in [0.15, 0.2) is 29.3 Å². The zero-order chi connectivity index (χ0) is 21.1. The topological polar surface area (TPSA) is 96.7 Å². The minimum absolute atomic E-state index is 0.102. The maximum absolute atomic E-state index is 11.9. The van der Waals surface area contributed by atoms with Crippen LogP contribution in [0.1, 0.15) is 42.5 Å². The van der Waals surface area contributed by atoms with Crippen LogP contribution in [0.25, 0.3) is 0 Å². The number of fused-ring (bicyclic) bond motifs is 1. The fourth-order valence-electron chi connectivity index (χ4n) is 3.85. The second-order valence-electron chi connectivity index (χ2n) is 7.91. The first-order chi connectivity index (χ1) is 14.5. The van der Waals surface area contributed by atoms with Gasteiger partial charge in [0.15, 0.2) is 11.8 Å². The molecule has 2 atom stereocenters. The van der Waals surface area contributed by atoms with Gasteiger partial charge in [0.25, 0.3) is 0 Å². The SMILES string of the molecule is Cc1nnc(CN=C(NC2CCC(=O)N(C)C2)NC2CCOc3ccccc32)n1C. The molecule has 160 valence electrons. The highest BCUT2D eigenvalue weighted by atomic mass is 16.5. The van der Waals surface area contributed by atoms with E-state index < -0.39 is 0 Å². The summed E-state index contributed by atoms with van der Waals surface area (Å²) in [5.41, 5.74) is 1.13. The number of piperidine rings is 1. The van der Waals surface area contributed by atoms with Crippen molar-refractivity contribution in [3.8, 4) is 5.75 Å². The summed E-state index contributed by atoms with van der Waals surface area (Å²) >= 11 is 0. The molecule has 1 aromatic carbocycles. The third-order valence-corrected chi connectivity index (χ3v) is 5.80. The number of para-hydroxylation sites is 1. The summed E-state index contributed by atoms with van der Waals surface area (Å²) in [5.74, 6) is 3.47. The van der Waals surface area contributed by atoms with E-state index in [1.54, 1.807) is 4.90 Å². The van der Waals surface area contributed by atoms with Gasteiger partial charge in [-0.05, 0) is 19.4 Å². The van der Waals surface area contributed by atoms with Crippen molar-refractivity contribution >= 4 is 11.9 Å². The minimum atomic E-state index is 0.102. The molecule has 0 bridgehead atoms. The van der Waals surface area contributed by atoms with E-state index >= 15 is 0 Å². The summed E-state index contributed by atoms with van der Waals surface area (Å²) < 4.78 is 7.74. The molecule has 1 fully saturated rings. The lowest BCUT2D eigenvalue weighted by Crippen LogP contribution is -2.52. The van der Waals surface area contributed by atoms with E-state index in [0.29, 0.717) is 32.1 Å². The number of likely N-dealkylation sites (tertiary alicyclic amines) is 1. The Balaban J connectivity index is 1.53. The number of aryl methyl sites for hydroxylation is 1. The number of nitrogens with one attached hydrogen (secondary N) is 2. The van der Waals surface area contributed by atoms with Crippen LogP contribution in [0.4, 0.5) is 0 Å². The van der Waals surface area contributed by atoms with Crippen LogP contribution in [-0.4, -0.2) is 57.8 Å². The number of ether oxygens (including phenoxy) is 1. The lowest BCUT2D eigenvalue weighted by Gasteiger charge is -2.33. The number of nitrogens with zero attached hydrogens (tertiary/aromatic N) is 5. The van der Waals surface area contributed by atoms with Gasteiger partial charge in [-0.25, -0.2) is 4.99 Å². The molecule has 9 nitrogen and oxygen atoms in total. The van der Waals surface area contributed by atoms with E-state index in [1.807, 2.05) is 43.8 Å². The van der Waals surface area contributed by atoms with Crippen molar-refractivity contribution in [2.75, 3.05) is 20.2 Å². The molecule has 0 spiro atoms. The number of carbonyl (C=O) groups excluding carboxylic acids is 1. The lowest BCUT2D eigenvalue weighted by molar-refractivity contribution is -0.132. The predicted molar refractivity (Wildman–Crippen MR) is 113 cm³/mol. The summed E-state index contributed by atoms with van der Waals surface area (Å²) in [6.45, 7) is 3.66. The van der Waals surface area contributed by atoms with Crippen LogP contribution in [0.2, 0.25) is 0 Å². The van der Waals surface area contributed by atoms with Gasteiger partial charge in [-0.3, -0.25) is 4.79 Å². The first kappa shape index (κ1) is 20.2. The number of aliphatic imine (C=N–C) groups is 1. The molecule has 1 saturated heterocycles. The minimum Gasteiger partial charge on any atom is -0.493 e. The normalized spacial score (nSPS) is 21.8. The van der Waals surface area contributed by atoms with Crippen LogP contribution >= 0.6 is 0 Å². The van der Waals surface area contributed by atoms with Gasteiger partial charge in [-0.15, -0.1) is 10.2 Å². The number of guanidine groups is 1. The van der Waals surface area contributed by atoms with Gasteiger partial charge >= 0.3 is 0 Å². The van der Waals surface area contributed by atoms with Crippen LogP contribution < -0.4 is 15.4 Å². The highest BCUT2D eigenvalue weighted by molar-refractivity contribution is 5.82. The molecule has 1 amide bonds. The van der Waals surface area contributed by atoms with E-state index in [-0.39, 0.29) is 18.0 Å². The van der Waals surface area contributed by atoms with Crippen LogP contribution in [0, 0.1) is 6.92 Å². The Labute approximate surface area is 176 Å². The van der Waals surface area contributed by atoms with Gasteiger partial charge in [-0.2, -0.15) is 0 Å². The molecule has 2 aromatic rings. The van der Waals surface area contributed by atoms with Gasteiger partial charge < -0.3 is 24.8 Å². The van der Waals surface area contributed by atoms with Crippen LogP contribution in [0.3, 0.4) is 0 Å². The quantitative estimate of drug-likeness (QED) is 0.582. The zero-order valence-corrected chi connectivity index (χ0v) is 17.8. The van der Waals surface area contributed by atoms with Crippen molar-refractivity contribution in [2.45, 2.75) is 44.8 Å². The molecule has 0 saturated carbocycles. The maximum atomic E-state index is 11.9. The highest BCUT2D eigenvalue weighted by Crippen LogP contribution is 2.31. The summed E-state index contributed by atoms with van der Waals surface area (Å²) in [5, 5.41) is 15.4. The van der Waals surface area contributed by atoms with Crippen molar-refractivity contribution in [3.63, 3.8) is 0 Å². The van der Waals surface area contributed by atoms with E-state index in [9.17, 15) is 4.79 Å². The summed E-state index contributed by atoms with van der Waals surface area (Å²) in [7, 11) is 3.79. The Morgan fingerprint density at radius 2 is 2.07 bits per heavy atom. The average Bonchev–Trinajstić information content (AvgIpc) is 3.07. The number of rotatable bonds is 4. The smallest absolute Gasteiger partial charge is 0.222 e. The molecule has 2 aliphatic heterocycles. The van der Waals surface area contributed by atoms with Gasteiger partial charge in [-0.1, -0.05) is 18.2 Å². The number of benzene rings is 1. The lowest BCUT2D eigenvalue weighted by atomic mass is 10.0. The summed E-state index contributed by atoms with van der Waals surface area (Å²) in [6.07, 6.45) is 2.19. The third-order valence-electron chi connectivity index (χ3n) is 5.80. The van der Waals surface area contributed by atoms with E-state index in [0.717, 1.165) is 35.8 Å². The van der Waals surface area contributed by atoms with Crippen molar-refractivity contribution in [1.29, 1.82) is 0 Å². The standard InChI is InChI=1S/C21H29N7O2/c1-14-25-26-19(28(14)3)12-22-21(23-15-8-9-20(29)27(2)13-15)24-17-10-11-30-18-7-5-4-6-16(17)18/h4-7,15,17H,8-13H2,1-3H3,(H2,22,23,24). The molecular weight excluding hydrogens is 382 g/mol. The number of carbonyl (C=O) groups is 1. The molecular formula is C21H29N7O2. The number of aromatic nitrogens is 3. The number of hydrogen-bond donors (Lipinski definition) is 2. The third kappa shape index (κ3) is 4.39. The Kier molecular flexibility index (Phi) is 5.87. The van der Waals surface area contributed by atoms with E-state index in [1.165, 1.54) is 0 Å². The summed E-state index contributed by atoms with van der Waals surface area (Å²) in [6, 6.07) is 8.34. The first-order valence-electron chi connectivity index (χ1n) is 10.4. The maximum Gasteiger partial charge on any atom is 0.222 e. The average molecular weight is 412 g/mol. The second-order valence-corrected chi connectivity index (χ2v) is 7.91. The molecule has 9 heteroatoms. The molecule has 4 rings (SSSR count). The molecule has 2 N–H and O–H groups in total. The largest absolute Gasteiger partial charge is 0.493 e. The monoisotopic (exact) mass is 411 g/mol. The van der Waals surface area contributed by atoms with E-state index in [2.05, 4.69) is 26.9 Å². The Morgan fingerprint density at radius 3 is 2.83 bits per heavy atom. The molecule has 2 unspecified atom stereocenters. The van der Waals surface area contributed by atoms with Crippen LogP contribution in [-0.2, 0) is 18.4 Å². The molecule has 3 heterocycles. The van der Waals surface area contributed by atoms with Crippen molar-refractivity contribution in [3.05, 3.63) is 41.5 Å². The first-order valence-corrected chi connectivity index (χ1v) is 10.4. The van der Waals surface area contributed by atoms with Gasteiger partial charge in [0.1, 0.15) is 18.1 Å². The molecule has 2 aliphatic rings. The fourth-order valence-corrected chi connectivity index (χ4v) is 3.85. The van der Waals surface area contributed by atoms with Crippen LogP contribution in [0.5, 0.6) is 5.75 Å². The van der Waals surface area contributed by atoms with Gasteiger partial charge in [0.2, 0.25) is 5.91 Å².